The van der Waals surface area contributed by atoms with Gasteiger partial charge in [-0.2, -0.15) is 0 Å². The first-order valence-electron chi connectivity index (χ1n) is 8.10. The van der Waals surface area contributed by atoms with Gasteiger partial charge in [0, 0.05) is 45.3 Å². The summed E-state index contributed by atoms with van der Waals surface area (Å²) in [5.41, 5.74) is 0.490. The SMILES string of the molecule is CCNC(=NCCc1ccc(F)cc1F)N1CCC(COC)C1. The number of rotatable bonds is 6. The predicted molar refractivity (Wildman–Crippen MR) is 87.6 cm³/mol. The molecule has 1 heterocycles. The van der Waals surface area contributed by atoms with Crippen molar-refractivity contribution in [2.45, 2.75) is 19.8 Å². The zero-order valence-electron chi connectivity index (χ0n) is 13.8. The molecule has 0 spiro atoms. The van der Waals surface area contributed by atoms with Crippen LogP contribution in [0.4, 0.5) is 8.78 Å². The molecule has 1 aliphatic heterocycles. The van der Waals surface area contributed by atoms with Crippen molar-refractivity contribution in [3.05, 3.63) is 35.4 Å². The normalized spacial score (nSPS) is 18.5. The minimum absolute atomic E-state index is 0.455. The first-order chi connectivity index (χ1) is 11.1. The molecule has 1 aromatic rings. The van der Waals surface area contributed by atoms with Crippen LogP contribution in [0.1, 0.15) is 18.9 Å². The Hall–Kier alpha value is -1.69. The van der Waals surface area contributed by atoms with Crippen molar-refractivity contribution >= 4 is 5.96 Å². The number of hydrogen-bond donors (Lipinski definition) is 1. The van der Waals surface area contributed by atoms with Gasteiger partial charge >= 0.3 is 0 Å². The van der Waals surface area contributed by atoms with Crippen molar-refractivity contribution in [3.63, 3.8) is 0 Å². The number of halogens is 2. The van der Waals surface area contributed by atoms with E-state index in [9.17, 15) is 8.78 Å². The number of ether oxygens (including phenoxy) is 1. The number of nitrogens with one attached hydrogen (secondary N) is 1. The van der Waals surface area contributed by atoms with Crippen LogP contribution in [0.3, 0.4) is 0 Å². The number of aliphatic imine (C=N–C) groups is 1. The maximum absolute atomic E-state index is 13.6. The Kier molecular flexibility index (Phi) is 6.77. The molecular weight excluding hydrogens is 300 g/mol. The second-order valence-electron chi connectivity index (χ2n) is 5.78. The quantitative estimate of drug-likeness (QED) is 0.645. The second kappa shape index (κ2) is 8.82. The third kappa shape index (κ3) is 5.16. The largest absolute Gasteiger partial charge is 0.384 e. The van der Waals surface area contributed by atoms with Crippen LogP contribution in [-0.2, 0) is 11.2 Å². The minimum Gasteiger partial charge on any atom is -0.384 e. The molecule has 1 aliphatic rings. The molecule has 2 rings (SSSR count). The molecule has 23 heavy (non-hydrogen) atoms. The Bertz CT molecular complexity index is 537. The number of likely N-dealkylation sites (tertiary alicyclic amines) is 1. The summed E-state index contributed by atoms with van der Waals surface area (Å²) in [6.07, 6.45) is 1.54. The highest BCUT2D eigenvalue weighted by Gasteiger charge is 2.24. The molecule has 0 amide bonds. The maximum atomic E-state index is 13.6. The van der Waals surface area contributed by atoms with E-state index in [4.69, 9.17) is 4.74 Å². The van der Waals surface area contributed by atoms with Crippen LogP contribution in [0.25, 0.3) is 0 Å². The fraction of sp³-hybridized carbons (Fsp3) is 0.588. The van der Waals surface area contributed by atoms with Crippen LogP contribution >= 0.6 is 0 Å². The maximum Gasteiger partial charge on any atom is 0.193 e. The van der Waals surface area contributed by atoms with Crippen LogP contribution < -0.4 is 5.32 Å². The van der Waals surface area contributed by atoms with Crippen molar-refractivity contribution in [1.82, 2.24) is 10.2 Å². The Balaban J connectivity index is 1.93. The van der Waals surface area contributed by atoms with Crippen LogP contribution in [0.2, 0.25) is 0 Å². The van der Waals surface area contributed by atoms with Gasteiger partial charge in [-0.1, -0.05) is 6.07 Å². The summed E-state index contributed by atoms with van der Waals surface area (Å²) in [4.78, 5) is 6.80. The number of hydrogen-bond acceptors (Lipinski definition) is 2. The van der Waals surface area contributed by atoms with Gasteiger partial charge in [-0.25, -0.2) is 8.78 Å². The van der Waals surface area contributed by atoms with Crippen LogP contribution in [-0.4, -0.2) is 50.8 Å². The molecule has 1 atom stereocenters. The molecule has 0 saturated carbocycles. The van der Waals surface area contributed by atoms with Gasteiger partial charge in [0.25, 0.3) is 0 Å². The molecule has 128 valence electrons. The van der Waals surface area contributed by atoms with E-state index in [0.29, 0.717) is 24.4 Å². The van der Waals surface area contributed by atoms with E-state index < -0.39 is 11.6 Å². The van der Waals surface area contributed by atoms with Gasteiger partial charge in [0.05, 0.1) is 6.61 Å². The summed E-state index contributed by atoms with van der Waals surface area (Å²) in [5.74, 6) is 0.322. The van der Waals surface area contributed by atoms with Crippen LogP contribution in [0.15, 0.2) is 23.2 Å². The first-order valence-corrected chi connectivity index (χ1v) is 8.10. The van der Waals surface area contributed by atoms with E-state index in [2.05, 4.69) is 15.2 Å². The summed E-state index contributed by atoms with van der Waals surface area (Å²) in [6.45, 7) is 5.91. The zero-order chi connectivity index (χ0) is 16.7. The molecule has 4 nitrogen and oxygen atoms in total. The lowest BCUT2D eigenvalue weighted by Crippen LogP contribution is -2.40. The molecular formula is C17H25F2N3O. The standard InChI is InChI=1S/C17H25F2N3O/c1-3-20-17(22-9-7-13(11-22)12-23-2)21-8-6-14-4-5-15(18)10-16(14)19/h4-5,10,13H,3,6-9,11-12H2,1-2H3,(H,20,21). The summed E-state index contributed by atoms with van der Waals surface area (Å²) < 4.78 is 31.8. The topological polar surface area (TPSA) is 36.9 Å². The monoisotopic (exact) mass is 325 g/mol. The number of benzene rings is 1. The Morgan fingerprint density at radius 3 is 2.96 bits per heavy atom. The van der Waals surface area contributed by atoms with E-state index in [1.54, 1.807) is 7.11 Å². The van der Waals surface area contributed by atoms with E-state index in [0.717, 1.165) is 44.7 Å². The van der Waals surface area contributed by atoms with Crippen molar-refractivity contribution in [1.29, 1.82) is 0 Å². The molecule has 1 saturated heterocycles. The van der Waals surface area contributed by atoms with Crippen molar-refractivity contribution in [2.24, 2.45) is 10.9 Å². The molecule has 6 heteroatoms. The van der Waals surface area contributed by atoms with E-state index >= 15 is 0 Å². The molecule has 0 aromatic heterocycles. The van der Waals surface area contributed by atoms with Crippen LogP contribution in [0, 0.1) is 17.6 Å². The third-order valence-electron chi connectivity index (χ3n) is 3.98. The Labute approximate surface area is 136 Å². The highest BCUT2D eigenvalue weighted by atomic mass is 19.1. The predicted octanol–water partition coefficient (Wildman–Crippen LogP) is 2.44. The summed E-state index contributed by atoms with van der Waals surface area (Å²) in [7, 11) is 1.72. The van der Waals surface area contributed by atoms with E-state index in [-0.39, 0.29) is 0 Å². The summed E-state index contributed by atoms with van der Waals surface area (Å²) in [6, 6.07) is 3.68. The van der Waals surface area contributed by atoms with Gasteiger partial charge < -0.3 is 15.0 Å². The van der Waals surface area contributed by atoms with Gasteiger partial charge in [-0.05, 0) is 31.4 Å². The van der Waals surface area contributed by atoms with Gasteiger partial charge in [0.2, 0.25) is 0 Å². The zero-order valence-corrected chi connectivity index (χ0v) is 13.8. The molecule has 1 aromatic carbocycles. The molecule has 1 N–H and O–H groups in total. The van der Waals surface area contributed by atoms with Gasteiger partial charge in [0.15, 0.2) is 5.96 Å². The van der Waals surface area contributed by atoms with Crippen molar-refractivity contribution in [3.8, 4) is 0 Å². The fourth-order valence-corrected chi connectivity index (χ4v) is 2.83. The lowest BCUT2D eigenvalue weighted by atomic mass is 10.1. The van der Waals surface area contributed by atoms with Crippen molar-refractivity contribution in [2.75, 3.05) is 39.9 Å². The highest BCUT2D eigenvalue weighted by Crippen LogP contribution is 2.16. The Morgan fingerprint density at radius 2 is 2.26 bits per heavy atom. The van der Waals surface area contributed by atoms with Gasteiger partial charge in [0.1, 0.15) is 11.6 Å². The average molecular weight is 325 g/mol. The molecule has 1 fully saturated rings. The number of methoxy groups -OCH3 is 1. The smallest absolute Gasteiger partial charge is 0.193 e. The van der Waals surface area contributed by atoms with E-state index in [1.807, 2.05) is 6.92 Å². The van der Waals surface area contributed by atoms with Gasteiger partial charge in [-0.15, -0.1) is 0 Å². The second-order valence-corrected chi connectivity index (χ2v) is 5.78. The van der Waals surface area contributed by atoms with Crippen molar-refractivity contribution < 1.29 is 13.5 Å². The van der Waals surface area contributed by atoms with E-state index in [1.165, 1.54) is 12.1 Å². The van der Waals surface area contributed by atoms with Gasteiger partial charge in [-0.3, -0.25) is 4.99 Å². The first kappa shape index (κ1) is 17.7. The molecule has 1 unspecified atom stereocenters. The minimum atomic E-state index is -0.552. The summed E-state index contributed by atoms with van der Waals surface area (Å²) >= 11 is 0. The molecule has 0 bridgehead atoms. The number of nitrogens with zero attached hydrogens (tertiary/aromatic N) is 2. The fourth-order valence-electron chi connectivity index (χ4n) is 2.83. The van der Waals surface area contributed by atoms with Crippen LogP contribution in [0.5, 0.6) is 0 Å². The highest BCUT2D eigenvalue weighted by molar-refractivity contribution is 5.80. The molecule has 0 radical (unpaired) electrons. The Morgan fingerprint density at radius 1 is 1.43 bits per heavy atom. The third-order valence-corrected chi connectivity index (χ3v) is 3.98. The average Bonchev–Trinajstić information content (AvgIpc) is 2.97. The lowest BCUT2D eigenvalue weighted by Gasteiger charge is -2.21. The number of guanidine groups is 1. The molecule has 0 aliphatic carbocycles. The summed E-state index contributed by atoms with van der Waals surface area (Å²) in [5, 5.41) is 3.28. The lowest BCUT2D eigenvalue weighted by molar-refractivity contribution is 0.157.